The molecule has 0 heterocycles. The molecule has 1 atom stereocenters. The van der Waals surface area contributed by atoms with Crippen molar-refractivity contribution >= 4 is 29.1 Å². The van der Waals surface area contributed by atoms with Crippen LogP contribution in [0.5, 0.6) is 0 Å². The summed E-state index contributed by atoms with van der Waals surface area (Å²) >= 11 is 0. The van der Waals surface area contributed by atoms with Gasteiger partial charge in [0.25, 0.3) is 0 Å². The molecule has 0 unspecified atom stereocenters. The van der Waals surface area contributed by atoms with E-state index in [1.54, 1.807) is 36.6 Å². The van der Waals surface area contributed by atoms with Gasteiger partial charge in [-0.25, -0.2) is 4.21 Å². The van der Waals surface area contributed by atoms with E-state index < -0.39 is 17.3 Å². The summed E-state index contributed by atoms with van der Waals surface area (Å²) < 4.78 is 39.2. The molecular formula is C17H20NO4PS. The predicted molar refractivity (Wildman–Crippen MR) is 98.0 cm³/mol. The van der Waals surface area contributed by atoms with Crippen molar-refractivity contribution in [1.82, 2.24) is 0 Å². The summed E-state index contributed by atoms with van der Waals surface area (Å²) in [5.41, 5.74) is 1.22. The summed E-state index contributed by atoms with van der Waals surface area (Å²) in [5, 5.41) is 0. The lowest BCUT2D eigenvalue weighted by Gasteiger charge is -2.09. The zero-order valence-corrected chi connectivity index (χ0v) is 15.5. The molecule has 2 rings (SSSR count). The maximum Gasteiger partial charge on any atom is 0.353 e. The van der Waals surface area contributed by atoms with E-state index in [0.29, 0.717) is 16.1 Å². The lowest BCUT2D eigenvalue weighted by Crippen LogP contribution is -1.96. The third-order valence-electron chi connectivity index (χ3n) is 3.34. The van der Waals surface area contributed by atoms with E-state index in [1.807, 2.05) is 30.3 Å². The Morgan fingerprint density at radius 3 is 2.21 bits per heavy atom. The molecule has 2 aromatic rings. The van der Waals surface area contributed by atoms with Crippen LogP contribution >= 0.6 is 7.60 Å². The molecule has 0 aliphatic carbocycles. The van der Waals surface area contributed by atoms with E-state index in [2.05, 4.69) is 4.36 Å². The molecule has 0 spiro atoms. The van der Waals surface area contributed by atoms with Gasteiger partial charge < -0.3 is 9.05 Å². The van der Waals surface area contributed by atoms with E-state index in [0.717, 1.165) is 0 Å². The van der Waals surface area contributed by atoms with Crippen molar-refractivity contribution in [3.63, 3.8) is 0 Å². The van der Waals surface area contributed by atoms with E-state index >= 15 is 0 Å². The maximum atomic E-state index is 12.9. The first kappa shape index (κ1) is 18.6. The van der Waals surface area contributed by atoms with Crippen LogP contribution < -0.4 is 0 Å². The number of benzene rings is 2. The zero-order valence-electron chi connectivity index (χ0n) is 13.8. The topological polar surface area (TPSA) is 65.0 Å². The second-order valence-electron chi connectivity index (χ2n) is 4.99. The summed E-state index contributed by atoms with van der Waals surface area (Å²) in [4.78, 5) is 0.656. The van der Waals surface area contributed by atoms with Crippen LogP contribution in [0.2, 0.25) is 0 Å². The maximum absolute atomic E-state index is 12.9. The molecule has 0 bridgehead atoms. The van der Waals surface area contributed by atoms with Crippen LogP contribution in [0.1, 0.15) is 5.56 Å². The fourth-order valence-corrected chi connectivity index (χ4v) is 4.04. The highest BCUT2D eigenvalue weighted by Crippen LogP contribution is 2.48. The number of nitrogens with zero attached hydrogens (tertiary/aromatic N) is 1. The quantitative estimate of drug-likeness (QED) is 0.681. The zero-order chi connectivity index (χ0) is 17.6. The van der Waals surface area contributed by atoms with Gasteiger partial charge in [-0.3, -0.25) is 4.57 Å². The first-order valence-electron chi connectivity index (χ1n) is 7.17. The van der Waals surface area contributed by atoms with Crippen LogP contribution in [0, 0.1) is 0 Å². The Hall–Kier alpha value is -1.72. The van der Waals surface area contributed by atoms with Crippen molar-refractivity contribution in [3.05, 3.63) is 66.0 Å². The van der Waals surface area contributed by atoms with Crippen molar-refractivity contribution < 1.29 is 17.8 Å². The molecule has 0 aromatic heterocycles. The number of hydrogen-bond acceptors (Lipinski definition) is 5. The first-order chi connectivity index (χ1) is 11.4. The Balaban J connectivity index is 2.47. The Bertz CT molecular complexity index is 878. The predicted octanol–water partition coefficient (Wildman–Crippen LogP) is 4.93. The third-order valence-corrected chi connectivity index (χ3v) is 6.56. The average Bonchev–Trinajstić information content (AvgIpc) is 2.61. The van der Waals surface area contributed by atoms with Gasteiger partial charge in [-0.2, -0.15) is 4.36 Å². The fourth-order valence-electron chi connectivity index (χ4n) is 1.99. The molecule has 0 amide bonds. The summed E-state index contributed by atoms with van der Waals surface area (Å²) in [5.74, 6) is 1.36. The Kier molecular flexibility index (Phi) is 6.13. The molecule has 0 aliphatic heterocycles. The van der Waals surface area contributed by atoms with Gasteiger partial charge in [-0.05, 0) is 24.3 Å². The van der Waals surface area contributed by atoms with Gasteiger partial charge in [-0.1, -0.05) is 36.4 Å². The van der Waals surface area contributed by atoms with Crippen LogP contribution in [0.15, 0.2) is 69.7 Å². The molecule has 2 aromatic carbocycles. The van der Waals surface area contributed by atoms with Gasteiger partial charge in [0.1, 0.15) is 0 Å². The summed E-state index contributed by atoms with van der Waals surface area (Å²) in [6, 6.07) is 16.3. The molecule has 5 nitrogen and oxygen atoms in total. The lowest BCUT2D eigenvalue weighted by molar-refractivity contribution is 0.286. The molecule has 0 fully saturated rings. The SMILES string of the molecule is COP(=O)(/C=C/c1ccccc1N=[S@@](C)(=O)c1ccccc1)OC. The minimum Gasteiger partial charge on any atom is -0.309 e. The van der Waals surface area contributed by atoms with E-state index in [-0.39, 0.29) is 0 Å². The second kappa shape index (κ2) is 7.90. The lowest BCUT2D eigenvalue weighted by atomic mass is 10.2. The van der Waals surface area contributed by atoms with Gasteiger partial charge in [0, 0.05) is 36.8 Å². The molecular weight excluding hydrogens is 345 g/mol. The van der Waals surface area contributed by atoms with Gasteiger partial charge in [0.05, 0.1) is 15.4 Å². The second-order valence-corrected chi connectivity index (χ2v) is 9.35. The fraction of sp³-hybridized carbons (Fsp3) is 0.176. The minimum absolute atomic E-state index is 0.545. The van der Waals surface area contributed by atoms with Gasteiger partial charge in [0.2, 0.25) is 0 Å². The van der Waals surface area contributed by atoms with Crippen molar-refractivity contribution in [2.24, 2.45) is 4.36 Å². The van der Waals surface area contributed by atoms with Crippen molar-refractivity contribution in [3.8, 4) is 0 Å². The minimum atomic E-state index is -3.27. The highest BCUT2D eigenvalue weighted by Gasteiger charge is 2.16. The number of hydrogen-bond donors (Lipinski definition) is 0. The number of rotatable bonds is 6. The highest BCUT2D eigenvalue weighted by atomic mass is 32.2. The van der Waals surface area contributed by atoms with Crippen LogP contribution in [0.3, 0.4) is 0 Å². The van der Waals surface area contributed by atoms with Gasteiger partial charge in [0.15, 0.2) is 0 Å². The summed E-state index contributed by atoms with van der Waals surface area (Å²) in [6.45, 7) is 0. The van der Waals surface area contributed by atoms with Crippen molar-refractivity contribution in [1.29, 1.82) is 0 Å². The molecule has 0 N–H and O–H groups in total. The van der Waals surface area contributed by atoms with Crippen molar-refractivity contribution in [2.45, 2.75) is 4.90 Å². The molecule has 7 heteroatoms. The monoisotopic (exact) mass is 365 g/mol. The van der Waals surface area contributed by atoms with Crippen LogP contribution in [0.25, 0.3) is 6.08 Å². The molecule has 0 saturated heterocycles. The molecule has 128 valence electrons. The average molecular weight is 365 g/mol. The first-order valence-corrected chi connectivity index (χ1v) is 10.7. The smallest absolute Gasteiger partial charge is 0.309 e. The molecule has 24 heavy (non-hydrogen) atoms. The Labute approximate surface area is 143 Å². The van der Waals surface area contributed by atoms with Crippen LogP contribution in [0.4, 0.5) is 5.69 Å². The summed E-state index contributed by atoms with van der Waals surface area (Å²) in [6.07, 6.45) is 3.20. The van der Waals surface area contributed by atoms with E-state index in [1.165, 1.54) is 20.0 Å². The van der Waals surface area contributed by atoms with Gasteiger partial charge in [-0.15, -0.1) is 0 Å². The van der Waals surface area contributed by atoms with Crippen molar-refractivity contribution in [2.75, 3.05) is 20.5 Å². The Morgan fingerprint density at radius 1 is 1.00 bits per heavy atom. The van der Waals surface area contributed by atoms with Gasteiger partial charge >= 0.3 is 7.60 Å². The van der Waals surface area contributed by atoms with Crippen LogP contribution in [-0.4, -0.2) is 24.7 Å². The largest absolute Gasteiger partial charge is 0.353 e. The van der Waals surface area contributed by atoms with E-state index in [4.69, 9.17) is 9.05 Å². The van der Waals surface area contributed by atoms with E-state index in [9.17, 15) is 8.77 Å². The Morgan fingerprint density at radius 2 is 1.58 bits per heavy atom. The molecule has 0 radical (unpaired) electrons. The normalized spacial score (nSPS) is 14.5. The van der Waals surface area contributed by atoms with Crippen LogP contribution in [-0.2, 0) is 23.3 Å². The summed E-state index contributed by atoms with van der Waals surface area (Å²) in [7, 11) is -3.22. The standard InChI is InChI=1S/C17H20NO4PS/c1-21-23(19,22-2)14-13-15-9-7-8-12-17(15)18-24(3,20)16-10-5-4-6-11-16/h4-14H,1-3H3/b14-13+/t24-/m0/s1. The molecule has 0 saturated carbocycles. The highest BCUT2D eigenvalue weighted by molar-refractivity contribution is 7.93. The molecule has 0 aliphatic rings. The third kappa shape index (κ3) is 4.65.